The van der Waals surface area contributed by atoms with E-state index < -0.39 is 6.10 Å². The van der Waals surface area contributed by atoms with Gasteiger partial charge in [-0.1, -0.05) is 12.1 Å². The minimum Gasteiger partial charge on any atom is -0.481 e. The smallest absolute Gasteiger partial charge is 0.265 e. The topological polar surface area (TPSA) is 85.9 Å². The van der Waals surface area contributed by atoms with Crippen LogP contribution in [0.4, 0.5) is 5.69 Å². The van der Waals surface area contributed by atoms with E-state index in [1.165, 1.54) is 0 Å². The molecule has 0 heterocycles. The minimum atomic E-state index is -0.679. The van der Waals surface area contributed by atoms with Gasteiger partial charge in [-0.25, -0.2) is 0 Å². The van der Waals surface area contributed by atoms with E-state index >= 15 is 0 Å². The first-order chi connectivity index (χ1) is 11.1. The Labute approximate surface area is 134 Å². The summed E-state index contributed by atoms with van der Waals surface area (Å²) in [6.45, 7) is 1.65. The monoisotopic (exact) mass is 305 g/mol. The first-order valence-electron chi connectivity index (χ1n) is 7.06. The maximum atomic E-state index is 12.1. The third-order valence-corrected chi connectivity index (χ3v) is 3.17. The average Bonchev–Trinajstić information content (AvgIpc) is 2.57. The van der Waals surface area contributed by atoms with Gasteiger partial charge in [0.15, 0.2) is 6.10 Å². The molecular formula is C18H15N3O2. The Morgan fingerprint density at radius 2 is 1.78 bits per heavy atom. The molecule has 0 radical (unpaired) electrons. The molecule has 0 spiro atoms. The second-order valence-corrected chi connectivity index (χ2v) is 4.92. The molecule has 23 heavy (non-hydrogen) atoms. The van der Waals surface area contributed by atoms with Gasteiger partial charge in [0.25, 0.3) is 5.91 Å². The van der Waals surface area contributed by atoms with Crippen LogP contribution >= 0.6 is 0 Å². The van der Waals surface area contributed by atoms with E-state index in [0.717, 1.165) is 5.56 Å². The highest BCUT2D eigenvalue weighted by atomic mass is 16.5. The van der Waals surface area contributed by atoms with E-state index in [4.69, 9.17) is 15.3 Å². The van der Waals surface area contributed by atoms with Crippen molar-refractivity contribution in [2.24, 2.45) is 0 Å². The van der Waals surface area contributed by atoms with Crippen LogP contribution < -0.4 is 10.1 Å². The number of benzene rings is 2. The Morgan fingerprint density at radius 1 is 1.13 bits per heavy atom. The van der Waals surface area contributed by atoms with Crippen LogP contribution in [0.25, 0.3) is 0 Å². The SMILES string of the molecule is C[C@@H](Oc1ccc(C#N)cc1)C(=O)Nc1ccc(CC#N)cc1. The lowest BCUT2D eigenvalue weighted by atomic mass is 10.1. The molecule has 2 rings (SSSR count). The molecule has 1 N–H and O–H groups in total. The number of nitrogens with zero attached hydrogens (tertiary/aromatic N) is 2. The summed E-state index contributed by atoms with van der Waals surface area (Å²) in [5, 5.41) is 20.1. The van der Waals surface area contributed by atoms with Crippen molar-refractivity contribution in [1.29, 1.82) is 10.5 Å². The van der Waals surface area contributed by atoms with Gasteiger partial charge in [0.2, 0.25) is 0 Å². The molecule has 0 aliphatic carbocycles. The third-order valence-electron chi connectivity index (χ3n) is 3.17. The summed E-state index contributed by atoms with van der Waals surface area (Å²) in [6, 6.07) is 17.8. The summed E-state index contributed by atoms with van der Waals surface area (Å²) >= 11 is 0. The summed E-state index contributed by atoms with van der Waals surface area (Å²) in [5.41, 5.74) is 2.08. The second kappa shape index (κ2) is 7.63. The number of anilines is 1. The maximum absolute atomic E-state index is 12.1. The van der Waals surface area contributed by atoms with E-state index in [9.17, 15) is 4.79 Å². The lowest BCUT2D eigenvalue weighted by Crippen LogP contribution is -2.30. The van der Waals surface area contributed by atoms with Crippen LogP contribution in [-0.2, 0) is 11.2 Å². The van der Waals surface area contributed by atoms with Crippen LogP contribution in [-0.4, -0.2) is 12.0 Å². The van der Waals surface area contributed by atoms with Crippen molar-refractivity contribution >= 4 is 11.6 Å². The maximum Gasteiger partial charge on any atom is 0.265 e. The molecule has 0 bridgehead atoms. The molecule has 114 valence electrons. The predicted octanol–water partition coefficient (Wildman–Crippen LogP) is 3.03. The van der Waals surface area contributed by atoms with Crippen molar-refractivity contribution in [2.45, 2.75) is 19.4 Å². The van der Waals surface area contributed by atoms with Crippen LogP contribution in [0, 0.1) is 22.7 Å². The summed E-state index contributed by atoms with van der Waals surface area (Å²) in [5.74, 6) is 0.249. The predicted molar refractivity (Wildman–Crippen MR) is 85.6 cm³/mol. The molecule has 0 aliphatic heterocycles. The van der Waals surface area contributed by atoms with Crippen molar-refractivity contribution in [2.75, 3.05) is 5.32 Å². The summed E-state index contributed by atoms with van der Waals surface area (Å²) in [4.78, 5) is 12.1. The van der Waals surface area contributed by atoms with Gasteiger partial charge >= 0.3 is 0 Å². The Balaban J connectivity index is 1.94. The highest BCUT2D eigenvalue weighted by molar-refractivity contribution is 5.94. The Bertz CT molecular complexity index is 753. The Hall–Kier alpha value is -3.31. The first-order valence-corrected chi connectivity index (χ1v) is 7.06. The van der Waals surface area contributed by atoms with Crippen molar-refractivity contribution < 1.29 is 9.53 Å². The molecule has 0 fully saturated rings. The first kappa shape index (κ1) is 16.1. The van der Waals surface area contributed by atoms with Gasteiger partial charge < -0.3 is 10.1 Å². The zero-order chi connectivity index (χ0) is 16.7. The standard InChI is InChI=1S/C18H15N3O2/c1-13(23-17-8-4-15(12-20)5-9-17)18(22)21-16-6-2-14(3-7-16)10-11-19/h2-9,13H,10H2,1H3,(H,21,22)/t13-/m1/s1. The van der Waals surface area contributed by atoms with Gasteiger partial charge in [0, 0.05) is 5.69 Å². The minimum absolute atomic E-state index is 0.276. The molecule has 0 aromatic heterocycles. The fourth-order valence-electron chi connectivity index (χ4n) is 1.91. The van der Waals surface area contributed by atoms with Crippen LogP contribution in [0.3, 0.4) is 0 Å². The molecule has 1 amide bonds. The fraction of sp³-hybridized carbons (Fsp3) is 0.167. The van der Waals surface area contributed by atoms with Crippen molar-refractivity contribution in [1.82, 2.24) is 0 Å². The molecule has 1 atom stereocenters. The molecule has 0 unspecified atom stereocenters. The van der Waals surface area contributed by atoms with E-state index in [0.29, 0.717) is 23.4 Å². The highest BCUT2D eigenvalue weighted by Crippen LogP contribution is 2.15. The zero-order valence-corrected chi connectivity index (χ0v) is 12.6. The van der Waals surface area contributed by atoms with Crippen molar-refractivity contribution in [3.8, 4) is 17.9 Å². The number of rotatable bonds is 5. The van der Waals surface area contributed by atoms with Crippen LogP contribution in [0.5, 0.6) is 5.75 Å². The summed E-state index contributed by atoms with van der Waals surface area (Å²) in [6.07, 6.45) is -0.339. The number of carbonyl (C=O) groups is 1. The molecule has 2 aromatic rings. The molecule has 0 saturated carbocycles. The number of hydrogen-bond donors (Lipinski definition) is 1. The quantitative estimate of drug-likeness (QED) is 0.920. The van der Waals surface area contributed by atoms with Gasteiger partial charge in [-0.3, -0.25) is 4.79 Å². The molecule has 5 nitrogen and oxygen atoms in total. The zero-order valence-electron chi connectivity index (χ0n) is 12.6. The van der Waals surface area contributed by atoms with Crippen LogP contribution in [0.1, 0.15) is 18.1 Å². The number of carbonyl (C=O) groups excluding carboxylic acids is 1. The molecule has 5 heteroatoms. The molecular weight excluding hydrogens is 290 g/mol. The number of nitriles is 2. The number of amides is 1. The molecule has 2 aromatic carbocycles. The summed E-state index contributed by atoms with van der Waals surface area (Å²) in [7, 11) is 0. The molecule has 0 aliphatic rings. The van der Waals surface area contributed by atoms with E-state index in [1.807, 2.05) is 6.07 Å². The van der Waals surface area contributed by atoms with Gasteiger partial charge in [-0.15, -0.1) is 0 Å². The van der Waals surface area contributed by atoms with Gasteiger partial charge in [-0.05, 0) is 48.9 Å². The lowest BCUT2D eigenvalue weighted by molar-refractivity contribution is -0.122. The van der Waals surface area contributed by atoms with E-state index in [-0.39, 0.29) is 5.91 Å². The van der Waals surface area contributed by atoms with E-state index in [2.05, 4.69) is 11.4 Å². The largest absolute Gasteiger partial charge is 0.481 e. The van der Waals surface area contributed by atoms with Gasteiger partial charge in [0.1, 0.15) is 5.75 Å². The number of nitrogens with one attached hydrogen (secondary N) is 1. The second-order valence-electron chi connectivity index (χ2n) is 4.92. The molecule has 0 saturated heterocycles. The fourth-order valence-corrected chi connectivity index (χ4v) is 1.91. The Morgan fingerprint density at radius 3 is 2.35 bits per heavy atom. The summed E-state index contributed by atoms with van der Waals surface area (Å²) < 4.78 is 5.55. The van der Waals surface area contributed by atoms with Crippen molar-refractivity contribution in [3.63, 3.8) is 0 Å². The van der Waals surface area contributed by atoms with Gasteiger partial charge in [0.05, 0.1) is 24.1 Å². The van der Waals surface area contributed by atoms with E-state index in [1.54, 1.807) is 55.5 Å². The average molecular weight is 305 g/mol. The van der Waals surface area contributed by atoms with Crippen molar-refractivity contribution in [3.05, 3.63) is 59.7 Å². The lowest BCUT2D eigenvalue weighted by Gasteiger charge is -2.15. The third kappa shape index (κ3) is 4.59. The highest BCUT2D eigenvalue weighted by Gasteiger charge is 2.14. The number of ether oxygens (including phenoxy) is 1. The van der Waals surface area contributed by atoms with Crippen LogP contribution in [0.15, 0.2) is 48.5 Å². The normalized spacial score (nSPS) is 10.9. The van der Waals surface area contributed by atoms with Gasteiger partial charge in [-0.2, -0.15) is 10.5 Å². The number of hydrogen-bond acceptors (Lipinski definition) is 4. The van der Waals surface area contributed by atoms with Crippen LogP contribution in [0.2, 0.25) is 0 Å². The Kier molecular flexibility index (Phi) is 5.33.